The van der Waals surface area contributed by atoms with Crippen LogP contribution in [0, 0.1) is 0 Å². The second kappa shape index (κ2) is 6.89. The van der Waals surface area contributed by atoms with Gasteiger partial charge in [0.15, 0.2) is 5.78 Å². The van der Waals surface area contributed by atoms with Crippen molar-refractivity contribution in [2.45, 2.75) is 43.8 Å². The number of aliphatic hydroxyl groups is 5. The highest BCUT2D eigenvalue weighted by atomic mass is 16.4. The lowest BCUT2D eigenvalue weighted by Gasteiger charge is -2.26. The molecule has 0 bridgehead atoms. The monoisotopic (exact) mass is 237 g/mol. The van der Waals surface area contributed by atoms with Crippen LogP contribution in [0.2, 0.25) is 0 Å². The van der Waals surface area contributed by atoms with Gasteiger partial charge in [-0.3, -0.25) is 4.79 Å². The Morgan fingerprint density at radius 1 is 1.19 bits per heavy atom. The second-order valence-corrected chi connectivity index (χ2v) is 3.59. The van der Waals surface area contributed by atoms with Gasteiger partial charge >= 0.3 is 0 Å². The van der Waals surface area contributed by atoms with Gasteiger partial charge in [0.25, 0.3) is 0 Å². The summed E-state index contributed by atoms with van der Waals surface area (Å²) in [4.78, 5) is 11.3. The molecule has 0 aliphatic carbocycles. The van der Waals surface area contributed by atoms with Gasteiger partial charge in [0.05, 0.1) is 12.6 Å². The summed E-state index contributed by atoms with van der Waals surface area (Å²) >= 11 is 0. The molecular formula is C9H19NO6. The first-order chi connectivity index (χ1) is 7.36. The fourth-order valence-electron chi connectivity index (χ4n) is 1.11. The van der Waals surface area contributed by atoms with Gasteiger partial charge in [-0.25, -0.2) is 0 Å². The van der Waals surface area contributed by atoms with Crippen LogP contribution in [0.4, 0.5) is 0 Å². The summed E-state index contributed by atoms with van der Waals surface area (Å²) in [5.74, 6) is -0.820. The highest BCUT2D eigenvalue weighted by molar-refractivity contribution is 5.88. The van der Waals surface area contributed by atoms with Gasteiger partial charge in [-0.05, 0) is 6.42 Å². The topological polar surface area (TPSA) is 144 Å². The Morgan fingerprint density at radius 3 is 2.06 bits per heavy atom. The van der Waals surface area contributed by atoms with E-state index in [4.69, 9.17) is 15.9 Å². The molecule has 0 saturated heterocycles. The molecule has 0 aromatic heterocycles. The molecule has 1 unspecified atom stereocenters. The van der Waals surface area contributed by atoms with E-state index in [1.165, 1.54) is 0 Å². The Kier molecular flexibility index (Phi) is 6.65. The van der Waals surface area contributed by atoms with Crippen LogP contribution in [0.1, 0.15) is 13.3 Å². The first kappa shape index (κ1) is 15.4. The number of Topliss-reactive ketones (excluding diaryl/α,β-unsaturated/α-hetero) is 1. The molecule has 0 aromatic rings. The van der Waals surface area contributed by atoms with Crippen molar-refractivity contribution in [1.29, 1.82) is 0 Å². The molecule has 7 heteroatoms. The van der Waals surface area contributed by atoms with Crippen molar-refractivity contribution in [3.05, 3.63) is 0 Å². The highest BCUT2D eigenvalue weighted by Gasteiger charge is 2.35. The number of carbonyl (C=O) groups excluding carboxylic acids is 1. The van der Waals surface area contributed by atoms with Crippen LogP contribution in [-0.2, 0) is 4.79 Å². The predicted octanol–water partition coefficient (Wildman–Crippen LogP) is -3.27. The predicted molar refractivity (Wildman–Crippen MR) is 54.4 cm³/mol. The molecule has 0 amide bonds. The normalized spacial score (nSPS) is 20.9. The quantitative estimate of drug-likeness (QED) is 0.272. The highest BCUT2D eigenvalue weighted by Crippen LogP contribution is 2.08. The summed E-state index contributed by atoms with van der Waals surface area (Å²) < 4.78 is 0. The number of rotatable bonds is 7. The van der Waals surface area contributed by atoms with E-state index in [9.17, 15) is 20.1 Å². The van der Waals surface area contributed by atoms with Crippen molar-refractivity contribution in [1.82, 2.24) is 0 Å². The van der Waals surface area contributed by atoms with E-state index in [0.717, 1.165) is 0 Å². The van der Waals surface area contributed by atoms with E-state index in [0.29, 0.717) is 0 Å². The number of nitrogens with two attached hydrogens (primary N) is 1. The van der Waals surface area contributed by atoms with E-state index in [-0.39, 0.29) is 6.42 Å². The van der Waals surface area contributed by atoms with Crippen LogP contribution in [0.5, 0.6) is 0 Å². The lowest BCUT2D eigenvalue weighted by Crippen LogP contribution is -2.52. The molecule has 0 rings (SSSR count). The molecule has 0 saturated carbocycles. The maximum absolute atomic E-state index is 11.3. The average Bonchev–Trinajstić information content (AvgIpc) is 2.32. The van der Waals surface area contributed by atoms with E-state index >= 15 is 0 Å². The Labute approximate surface area is 93.1 Å². The van der Waals surface area contributed by atoms with Gasteiger partial charge in [-0.1, -0.05) is 6.92 Å². The molecule has 96 valence electrons. The maximum atomic E-state index is 11.3. The number of carbonyl (C=O) groups is 1. The third-order valence-corrected chi connectivity index (χ3v) is 2.35. The van der Waals surface area contributed by atoms with Gasteiger partial charge in [-0.2, -0.15) is 0 Å². The SMILES string of the molecule is CCC(N)C(=O)[C@@H](O)[C@H](O)[C@@H](O)[C@@H](O)CO. The van der Waals surface area contributed by atoms with Gasteiger partial charge in [0.1, 0.15) is 24.4 Å². The van der Waals surface area contributed by atoms with Crippen molar-refractivity contribution in [3.8, 4) is 0 Å². The number of hydrogen-bond donors (Lipinski definition) is 6. The Balaban J connectivity index is 4.48. The van der Waals surface area contributed by atoms with E-state index in [2.05, 4.69) is 0 Å². The molecule has 0 aliphatic heterocycles. The summed E-state index contributed by atoms with van der Waals surface area (Å²) in [6, 6.07) is -0.942. The number of hydrogen-bond acceptors (Lipinski definition) is 7. The molecule has 7 N–H and O–H groups in total. The zero-order chi connectivity index (χ0) is 12.9. The summed E-state index contributed by atoms with van der Waals surface area (Å²) in [5.41, 5.74) is 5.35. The van der Waals surface area contributed by atoms with Crippen molar-refractivity contribution >= 4 is 5.78 Å². The van der Waals surface area contributed by atoms with Crippen molar-refractivity contribution in [2.24, 2.45) is 5.73 Å². The van der Waals surface area contributed by atoms with Crippen molar-refractivity contribution in [3.63, 3.8) is 0 Å². The third kappa shape index (κ3) is 3.78. The summed E-state index contributed by atoms with van der Waals surface area (Å²) in [7, 11) is 0. The van der Waals surface area contributed by atoms with Crippen molar-refractivity contribution < 1.29 is 30.3 Å². The maximum Gasteiger partial charge on any atom is 0.180 e. The minimum atomic E-state index is -1.88. The fraction of sp³-hybridized carbons (Fsp3) is 0.889. The Bertz CT molecular complexity index is 224. The largest absolute Gasteiger partial charge is 0.394 e. The molecule has 0 fully saturated rings. The third-order valence-electron chi connectivity index (χ3n) is 2.35. The lowest BCUT2D eigenvalue weighted by atomic mass is 9.96. The Hall–Kier alpha value is -0.570. The number of ketones is 1. The van der Waals surface area contributed by atoms with E-state index < -0.39 is 42.8 Å². The van der Waals surface area contributed by atoms with Crippen LogP contribution in [0.3, 0.4) is 0 Å². The van der Waals surface area contributed by atoms with Gasteiger partial charge < -0.3 is 31.3 Å². The lowest BCUT2D eigenvalue weighted by molar-refractivity contribution is -0.148. The van der Waals surface area contributed by atoms with E-state index in [1.807, 2.05) is 0 Å². The van der Waals surface area contributed by atoms with E-state index in [1.54, 1.807) is 6.92 Å². The summed E-state index contributed by atoms with van der Waals surface area (Å²) in [6.45, 7) is 0.833. The van der Waals surface area contributed by atoms with Gasteiger partial charge in [0, 0.05) is 0 Å². The standard InChI is InChI=1S/C9H19NO6/c1-2-4(10)6(13)8(15)9(16)7(14)5(12)3-11/h4-5,7-9,11-12,14-16H,2-3,10H2,1H3/t4?,5-,7-,8+,9+/m0/s1. The van der Waals surface area contributed by atoms with Crippen LogP contribution >= 0.6 is 0 Å². The minimum Gasteiger partial charge on any atom is -0.394 e. The van der Waals surface area contributed by atoms with Gasteiger partial charge in [-0.15, -0.1) is 0 Å². The molecule has 0 heterocycles. The molecule has 0 spiro atoms. The average molecular weight is 237 g/mol. The fourth-order valence-corrected chi connectivity index (χ4v) is 1.11. The zero-order valence-corrected chi connectivity index (χ0v) is 9.02. The summed E-state index contributed by atoms with van der Waals surface area (Å²) in [5, 5.41) is 45.5. The molecule has 5 atom stereocenters. The van der Waals surface area contributed by atoms with Crippen LogP contribution < -0.4 is 5.73 Å². The minimum absolute atomic E-state index is 0.279. The van der Waals surface area contributed by atoms with Crippen molar-refractivity contribution in [2.75, 3.05) is 6.61 Å². The molecule has 16 heavy (non-hydrogen) atoms. The number of aliphatic hydroxyl groups excluding tert-OH is 5. The molecule has 0 radical (unpaired) electrons. The molecule has 0 aliphatic rings. The first-order valence-electron chi connectivity index (χ1n) is 4.99. The van der Waals surface area contributed by atoms with Gasteiger partial charge in [0.2, 0.25) is 0 Å². The first-order valence-corrected chi connectivity index (χ1v) is 4.99. The van der Waals surface area contributed by atoms with Crippen LogP contribution in [-0.4, -0.2) is 68.4 Å². The summed E-state index contributed by atoms with van der Waals surface area (Å²) in [6.07, 6.45) is -6.93. The molecular weight excluding hydrogens is 218 g/mol. The van der Waals surface area contributed by atoms with Crippen LogP contribution in [0.15, 0.2) is 0 Å². The smallest absolute Gasteiger partial charge is 0.180 e. The second-order valence-electron chi connectivity index (χ2n) is 3.59. The molecule has 7 nitrogen and oxygen atoms in total. The molecule has 0 aromatic carbocycles. The van der Waals surface area contributed by atoms with Crippen LogP contribution in [0.25, 0.3) is 0 Å². The Morgan fingerprint density at radius 2 is 1.69 bits per heavy atom. The zero-order valence-electron chi connectivity index (χ0n) is 9.02.